The zero-order valence-corrected chi connectivity index (χ0v) is 6.92. The summed E-state index contributed by atoms with van der Waals surface area (Å²) in [6.45, 7) is 0. The Balaban J connectivity index is 0. The Kier molecular flexibility index (Phi) is 183. The van der Waals surface area contributed by atoms with Crippen LogP contribution in [0.3, 0.4) is 0 Å². The predicted octanol–water partition coefficient (Wildman–Crippen LogP) is -0.240. The van der Waals surface area contributed by atoms with E-state index in [1.807, 2.05) is 0 Å². The molecule has 0 aliphatic carbocycles. The van der Waals surface area contributed by atoms with Crippen molar-refractivity contribution in [2.45, 2.75) is 0 Å². The van der Waals surface area contributed by atoms with Crippen LogP contribution in [0.1, 0.15) is 0 Å². The van der Waals surface area contributed by atoms with Crippen LogP contribution in [0.5, 0.6) is 0 Å². The van der Waals surface area contributed by atoms with Gasteiger partial charge >= 0.3 is 64.1 Å². The molecule has 0 saturated carbocycles. The zero-order valence-electron chi connectivity index (χ0n) is 1.62. The fourth-order valence-electron chi connectivity index (χ4n) is 0. The number of hydrogen-bond acceptors (Lipinski definition) is 0. The van der Waals surface area contributed by atoms with E-state index in [4.69, 9.17) is 0 Å². The summed E-state index contributed by atoms with van der Waals surface area (Å²) in [5.41, 5.74) is 0. The summed E-state index contributed by atoms with van der Waals surface area (Å²) >= 11 is 0. The quantitative estimate of drug-likeness (QED) is 0.530. The van der Waals surface area contributed by atoms with Gasteiger partial charge in [-0.1, -0.05) is 0 Å². The summed E-state index contributed by atoms with van der Waals surface area (Å²) in [6.07, 6.45) is 0. The minimum Gasteiger partial charge on any atom is -2.00 e. The molecule has 4 heavy (non-hydrogen) atoms. The fourth-order valence-corrected chi connectivity index (χ4v) is 0. The van der Waals surface area contributed by atoms with Gasteiger partial charge in [-0.3, -0.25) is 0 Å². The molecule has 0 atom stereocenters. The SMILES string of the molecule is [Au+3].[Ce+3].[O-2].[O-2]. The van der Waals surface area contributed by atoms with Crippen molar-refractivity contribution >= 4 is 0 Å². The average molecular weight is 369 g/mol. The second-order valence-corrected chi connectivity index (χ2v) is 0. The topological polar surface area (TPSA) is 57.0 Å². The van der Waals surface area contributed by atoms with Crippen LogP contribution in [0.4, 0.5) is 0 Å². The first-order chi connectivity index (χ1) is 0. The molecule has 0 bridgehead atoms. The second kappa shape index (κ2) is 19.8. The smallest absolute Gasteiger partial charge is 2.00 e. The van der Waals surface area contributed by atoms with E-state index in [-0.39, 0.29) is 75.1 Å². The molecule has 0 saturated heterocycles. The first kappa shape index (κ1) is 36.9. The van der Waals surface area contributed by atoms with E-state index >= 15 is 0 Å². The molecule has 0 rings (SSSR count). The maximum atomic E-state index is 0. The summed E-state index contributed by atoms with van der Waals surface area (Å²) in [5, 5.41) is 0. The van der Waals surface area contributed by atoms with Crippen molar-refractivity contribution < 1.29 is 75.1 Å². The molecule has 0 aliphatic heterocycles. The van der Waals surface area contributed by atoms with Gasteiger partial charge in [0.25, 0.3) is 0 Å². The molecule has 2 nitrogen and oxygen atoms in total. The van der Waals surface area contributed by atoms with E-state index in [0.717, 1.165) is 0 Å². The summed E-state index contributed by atoms with van der Waals surface area (Å²) in [5.74, 6) is 0. The van der Waals surface area contributed by atoms with Gasteiger partial charge < -0.3 is 11.0 Å². The normalized spacial score (nSPS) is 0. The van der Waals surface area contributed by atoms with Crippen LogP contribution < -0.4 is 0 Å². The van der Waals surface area contributed by atoms with Crippen molar-refractivity contribution in [3.8, 4) is 0 Å². The van der Waals surface area contributed by atoms with E-state index in [1.165, 1.54) is 0 Å². The van der Waals surface area contributed by atoms with E-state index in [9.17, 15) is 0 Å². The molecule has 1 radical (unpaired) electrons. The first-order valence-electron chi connectivity index (χ1n) is 0. The summed E-state index contributed by atoms with van der Waals surface area (Å²) in [4.78, 5) is 0. The molecular weight excluding hydrogens is 369 g/mol. The number of rotatable bonds is 0. The monoisotopic (exact) mass is 369 g/mol. The van der Waals surface area contributed by atoms with Gasteiger partial charge in [-0.2, -0.15) is 0 Å². The minimum atomic E-state index is 0. The standard InChI is InChI=1S/Au.Ce.2O/q2*+3;2*-2. The summed E-state index contributed by atoms with van der Waals surface area (Å²) < 4.78 is 0. The Morgan fingerprint density at radius 3 is 0.750 bits per heavy atom. The van der Waals surface area contributed by atoms with Crippen LogP contribution in [0.2, 0.25) is 0 Å². The van der Waals surface area contributed by atoms with Gasteiger partial charge in [-0.15, -0.1) is 0 Å². The molecule has 0 aromatic rings. The fraction of sp³-hybridized carbons (Fsp3) is 0. The van der Waals surface area contributed by atoms with Gasteiger partial charge in [0, 0.05) is 0 Å². The Hall–Kier alpha value is 2.04. The van der Waals surface area contributed by atoms with E-state index in [0.29, 0.717) is 0 Å². The van der Waals surface area contributed by atoms with E-state index < -0.39 is 0 Å². The van der Waals surface area contributed by atoms with Gasteiger partial charge in [-0.05, 0) is 0 Å². The summed E-state index contributed by atoms with van der Waals surface area (Å²) in [6, 6.07) is 0. The zero-order chi connectivity index (χ0) is 0. The maximum absolute atomic E-state index is 0. The van der Waals surface area contributed by atoms with Crippen LogP contribution in [-0.4, -0.2) is 0 Å². The molecule has 4 heteroatoms. The molecule has 25 valence electrons. The Morgan fingerprint density at radius 1 is 0.750 bits per heavy atom. The van der Waals surface area contributed by atoms with Crippen LogP contribution in [0.25, 0.3) is 0 Å². The van der Waals surface area contributed by atoms with Gasteiger partial charge in [0.2, 0.25) is 0 Å². The molecule has 0 heterocycles. The molecule has 0 N–H and O–H groups in total. The van der Waals surface area contributed by atoms with Crippen LogP contribution in [0, 0.1) is 41.7 Å². The van der Waals surface area contributed by atoms with Crippen molar-refractivity contribution in [2.75, 3.05) is 0 Å². The van der Waals surface area contributed by atoms with E-state index in [2.05, 4.69) is 0 Å². The third kappa shape index (κ3) is 8.97. The summed E-state index contributed by atoms with van der Waals surface area (Å²) in [7, 11) is 0. The number of hydrogen-bond donors (Lipinski definition) is 0. The first-order valence-corrected chi connectivity index (χ1v) is 0. The van der Waals surface area contributed by atoms with Crippen molar-refractivity contribution in [3.63, 3.8) is 0 Å². The Labute approximate surface area is 73.8 Å². The minimum absolute atomic E-state index is 0. The largest absolute Gasteiger partial charge is 3.00 e. The van der Waals surface area contributed by atoms with Crippen LogP contribution in [-0.2, 0) is 33.3 Å². The van der Waals surface area contributed by atoms with Gasteiger partial charge in [0.15, 0.2) is 0 Å². The molecular formula is AuCeO2+2. The third-order valence-corrected chi connectivity index (χ3v) is 0. The molecule has 0 unspecified atom stereocenters. The van der Waals surface area contributed by atoms with Crippen molar-refractivity contribution in [3.05, 3.63) is 0 Å². The Bertz CT molecular complexity index is 6.00. The van der Waals surface area contributed by atoms with Gasteiger partial charge in [-0.25, -0.2) is 0 Å². The molecule has 0 spiro atoms. The molecule has 0 aliphatic rings. The van der Waals surface area contributed by atoms with Crippen molar-refractivity contribution in [1.29, 1.82) is 0 Å². The van der Waals surface area contributed by atoms with E-state index in [1.54, 1.807) is 0 Å². The maximum Gasteiger partial charge on any atom is 3.00 e. The third-order valence-electron chi connectivity index (χ3n) is 0. The van der Waals surface area contributed by atoms with Gasteiger partial charge in [0.1, 0.15) is 0 Å². The molecule has 0 amide bonds. The average Bonchev–Trinajstić information content (AvgIpc) is 0. The predicted molar refractivity (Wildman–Crippen MR) is 1.37 cm³/mol. The molecule has 0 aromatic heterocycles. The van der Waals surface area contributed by atoms with Crippen molar-refractivity contribution in [2.24, 2.45) is 0 Å². The second-order valence-electron chi connectivity index (χ2n) is 0. The van der Waals surface area contributed by atoms with Crippen LogP contribution >= 0.6 is 0 Å². The molecule has 0 aromatic carbocycles. The Morgan fingerprint density at radius 2 is 0.750 bits per heavy atom. The molecule has 0 fully saturated rings. The van der Waals surface area contributed by atoms with Crippen molar-refractivity contribution in [1.82, 2.24) is 0 Å². The van der Waals surface area contributed by atoms with Crippen LogP contribution in [0.15, 0.2) is 0 Å². The van der Waals surface area contributed by atoms with Gasteiger partial charge in [0.05, 0.1) is 0 Å².